The number of nitrogens with zero attached hydrogens (tertiary/aromatic N) is 2. The second kappa shape index (κ2) is 10.5. The summed E-state index contributed by atoms with van der Waals surface area (Å²) in [5.74, 6) is -0.155. The summed E-state index contributed by atoms with van der Waals surface area (Å²) < 4.78 is 0. The van der Waals surface area contributed by atoms with Gasteiger partial charge < -0.3 is 20.4 Å². The maximum atomic E-state index is 13.0. The molecule has 3 aromatic rings. The van der Waals surface area contributed by atoms with Crippen molar-refractivity contribution in [2.24, 2.45) is 0 Å². The van der Waals surface area contributed by atoms with E-state index < -0.39 is 6.04 Å². The van der Waals surface area contributed by atoms with E-state index in [1.807, 2.05) is 61.5 Å². The highest BCUT2D eigenvalue weighted by atomic mass is 16.2. The van der Waals surface area contributed by atoms with E-state index >= 15 is 0 Å². The van der Waals surface area contributed by atoms with E-state index in [4.69, 9.17) is 0 Å². The van der Waals surface area contributed by atoms with Crippen molar-refractivity contribution in [2.45, 2.75) is 32.4 Å². The quantitative estimate of drug-likeness (QED) is 0.525. The predicted octanol–water partition coefficient (Wildman–Crippen LogP) is 5.36. The zero-order valence-electron chi connectivity index (χ0n) is 20.0. The highest BCUT2D eigenvalue weighted by molar-refractivity contribution is 5.99. The maximum Gasteiger partial charge on any atom is 0.322 e. The zero-order valence-corrected chi connectivity index (χ0v) is 20.0. The normalized spacial score (nSPS) is 15.4. The molecule has 4 rings (SSSR count). The predicted molar refractivity (Wildman–Crippen MR) is 138 cm³/mol. The van der Waals surface area contributed by atoms with Gasteiger partial charge in [0.15, 0.2) is 0 Å². The summed E-state index contributed by atoms with van der Waals surface area (Å²) in [4.78, 5) is 29.6. The molecule has 0 saturated carbocycles. The first kappa shape index (κ1) is 23.5. The van der Waals surface area contributed by atoms with Gasteiger partial charge in [0.1, 0.15) is 6.04 Å². The molecule has 1 fully saturated rings. The highest BCUT2D eigenvalue weighted by Crippen LogP contribution is 2.27. The fourth-order valence-corrected chi connectivity index (χ4v) is 4.35. The van der Waals surface area contributed by atoms with Crippen molar-refractivity contribution < 1.29 is 9.59 Å². The molecule has 3 amide bonds. The van der Waals surface area contributed by atoms with Gasteiger partial charge in [0.25, 0.3) is 0 Å². The van der Waals surface area contributed by atoms with Crippen LogP contribution in [0.15, 0.2) is 72.8 Å². The molecule has 6 nitrogen and oxygen atoms in total. The minimum absolute atomic E-state index is 0.155. The lowest BCUT2D eigenvalue weighted by Crippen LogP contribution is -2.45. The van der Waals surface area contributed by atoms with Crippen LogP contribution in [0.3, 0.4) is 0 Å². The molecule has 34 heavy (non-hydrogen) atoms. The van der Waals surface area contributed by atoms with Crippen LogP contribution in [0.4, 0.5) is 16.2 Å². The van der Waals surface area contributed by atoms with Crippen LogP contribution in [0.5, 0.6) is 0 Å². The Bertz CT molecular complexity index is 1140. The van der Waals surface area contributed by atoms with Crippen molar-refractivity contribution in [1.82, 2.24) is 9.80 Å². The molecule has 176 valence electrons. The van der Waals surface area contributed by atoms with E-state index in [0.717, 1.165) is 35.5 Å². The number of hydrogen-bond acceptors (Lipinski definition) is 3. The molecular formula is C28H32N4O2. The number of carbonyl (C=O) groups excluding carboxylic acids is 2. The van der Waals surface area contributed by atoms with Gasteiger partial charge in [-0.1, -0.05) is 54.1 Å². The minimum Gasteiger partial charge on any atom is -0.324 e. The molecule has 1 atom stereocenters. The smallest absolute Gasteiger partial charge is 0.322 e. The summed E-state index contributed by atoms with van der Waals surface area (Å²) >= 11 is 0. The van der Waals surface area contributed by atoms with Crippen LogP contribution in [-0.2, 0) is 11.3 Å². The standard InChI is InChI=1S/C28H32N4O2/c1-20-10-14-24(15-11-20)30-28(34)32-18-6-9-26(32)27(33)29-23-16-12-21(13-17-23)25-8-5-4-7-22(25)19-31(2)3/h4-5,7-8,10-17,26H,6,9,18-19H2,1-3H3,(H,29,33)(H,30,34)/t26-/m1/s1. The molecule has 0 bridgehead atoms. The Kier molecular flexibility index (Phi) is 7.28. The molecule has 1 aliphatic rings. The van der Waals surface area contributed by atoms with Crippen molar-refractivity contribution in [3.05, 3.63) is 83.9 Å². The first-order valence-electron chi connectivity index (χ1n) is 11.7. The summed E-state index contributed by atoms with van der Waals surface area (Å²) in [6.45, 7) is 3.43. The Balaban J connectivity index is 1.41. The molecule has 3 aromatic carbocycles. The van der Waals surface area contributed by atoms with Crippen LogP contribution >= 0.6 is 0 Å². The van der Waals surface area contributed by atoms with Crippen LogP contribution in [0.1, 0.15) is 24.0 Å². The van der Waals surface area contributed by atoms with E-state index in [0.29, 0.717) is 13.0 Å². The lowest BCUT2D eigenvalue weighted by molar-refractivity contribution is -0.119. The van der Waals surface area contributed by atoms with Gasteiger partial charge in [-0.3, -0.25) is 4.79 Å². The summed E-state index contributed by atoms with van der Waals surface area (Å²) in [5, 5.41) is 5.90. The van der Waals surface area contributed by atoms with Crippen molar-refractivity contribution in [2.75, 3.05) is 31.3 Å². The largest absolute Gasteiger partial charge is 0.324 e. The lowest BCUT2D eigenvalue weighted by atomic mass is 9.99. The number of benzene rings is 3. The zero-order chi connectivity index (χ0) is 24.1. The number of likely N-dealkylation sites (tertiary alicyclic amines) is 1. The van der Waals surface area contributed by atoms with Gasteiger partial charge in [-0.15, -0.1) is 0 Å². The van der Waals surface area contributed by atoms with E-state index in [1.54, 1.807) is 4.90 Å². The van der Waals surface area contributed by atoms with Crippen molar-refractivity contribution in [3.8, 4) is 11.1 Å². The van der Waals surface area contributed by atoms with Crippen molar-refractivity contribution >= 4 is 23.3 Å². The van der Waals surface area contributed by atoms with Crippen LogP contribution < -0.4 is 10.6 Å². The van der Waals surface area contributed by atoms with Crippen LogP contribution in [0.25, 0.3) is 11.1 Å². The molecule has 0 aliphatic carbocycles. The fourth-order valence-electron chi connectivity index (χ4n) is 4.35. The number of carbonyl (C=O) groups is 2. The third kappa shape index (κ3) is 5.64. The monoisotopic (exact) mass is 456 g/mol. The first-order valence-corrected chi connectivity index (χ1v) is 11.7. The molecule has 6 heteroatoms. The number of urea groups is 1. The van der Waals surface area contributed by atoms with Crippen molar-refractivity contribution in [3.63, 3.8) is 0 Å². The summed E-state index contributed by atoms with van der Waals surface area (Å²) in [6.07, 6.45) is 1.46. The van der Waals surface area contributed by atoms with Crippen LogP contribution in [0, 0.1) is 6.92 Å². The summed E-state index contributed by atoms with van der Waals surface area (Å²) in [7, 11) is 4.12. The van der Waals surface area contributed by atoms with Gasteiger partial charge in [0, 0.05) is 24.5 Å². The van der Waals surface area contributed by atoms with Gasteiger partial charge in [0.05, 0.1) is 0 Å². The van der Waals surface area contributed by atoms with Crippen LogP contribution in [0.2, 0.25) is 0 Å². The highest BCUT2D eigenvalue weighted by Gasteiger charge is 2.34. The number of amides is 3. The molecule has 0 spiro atoms. The lowest BCUT2D eigenvalue weighted by Gasteiger charge is -2.24. The van der Waals surface area contributed by atoms with Gasteiger partial charge in [-0.05, 0) is 74.8 Å². The van der Waals surface area contributed by atoms with Gasteiger partial charge in [0.2, 0.25) is 5.91 Å². The summed E-state index contributed by atoms with van der Waals surface area (Å²) in [6, 6.07) is 23.2. The van der Waals surface area contributed by atoms with Gasteiger partial charge >= 0.3 is 6.03 Å². The van der Waals surface area contributed by atoms with Gasteiger partial charge in [-0.2, -0.15) is 0 Å². The number of anilines is 2. The topological polar surface area (TPSA) is 64.7 Å². The maximum absolute atomic E-state index is 13.0. The number of hydrogen-bond donors (Lipinski definition) is 2. The van der Waals surface area contributed by atoms with Crippen LogP contribution in [-0.4, -0.2) is 48.4 Å². The van der Waals surface area contributed by atoms with E-state index in [1.165, 1.54) is 11.1 Å². The second-order valence-corrected chi connectivity index (χ2v) is 9.11. The SMILES string of the molecule is Cc1ccc(NC(=O)N2CCC[C@@H]2C(=O)Nc2ccc(-c3ccccc3CN(C)C)cc2)cc1. The fraction of sp³-hybridized carbons (Fsp3) is 0.286. The minimum atomic E-state index is -0.481. The molecule has 1 aliphatic heterocycles. The van der Waals surface area contributed by atoms with Crippen molar-refractivity contribution in [1.29, 1.82) is 0 Å². The Hall–Kier alpha value is -3.64. The Labute approximate surface area is 201 Å². The number of aryl methyl sites for hydroxylation is 1. The molecule has 1 saturated heterocycles. The molecule has 0 radical (unpaired) electrons. The van der Waals surface area contributed by atoms with E-state index in [9.17, 15) is 9.59 Å². The van der Waals surface area contributed by atoms with E-state index in [-0.39, 0.29) is 11.9 Å². The Morgan fingerprint density at radius 1 is 0.912 bits per heavy atom. The Morgan fingerprint density at radius 3 is 2.26 bits per heavy atom. The first-order chi connectivity index (χ1) is 16.4. The third-order valence-electron chi connectivity index (χ3n) is 6.09. The summed E-state index contributed by atoms with van der Waals surface area (Å²) in [5.41, 5.74) is 6.13. The van der Waals surface area contributed by atoms with Gasteiger partial charge in [-0.25, -0.2) is 4.79 Å². The molecule has 2 N–H and O–H groups in total. The number of nitrogens with one attached hydrogen (secondary N) is 2. The average molecular weight is 457 g/mol. The second-order valence-electron chi connectivity index (χ2n) is 9.11. The molecule has 0 aromatic heterocycles. The average Bonchev–Trinajstić information content (AvgIpc) is 3.32. The molecule has 1 heterocycles. The Morgan fingerprint density at radius 2 is 1.56 bits per heavy atom. The molecular weight excluding hydrogens is 424 g/mol. The molecule has 0 unspecified atom stereocenters. The third-order valence-corrected chi connectivity index (χ3v) is 6.09. The van der Waals surface area contributed by atoms with E-state index in [2.05, 4.69) is 47.8 Å². The number of rotatable bonds is 6.